The van der Waals surface area contributed by atoms with Gasteiger partial charge in [0, 0.05) is 50.0 Å². The van der Waals surface area contributed by atoms with Crippen LogP contribution in [-0.2, 0) is 6.54 Å². The number of hydrogen-bond donors (Lipinski definition) is 0. The Kier molecular flexibility index (Phi) is 6.81. The summed E-state index contributed by atoms with van der Waals surface area (Å²) in [6.07, 6.45) is 2.07. The van der Waals surface area contributed by atoms with Crippen LogP contribution in [0.5, 0.6) is 0 Å². The molecular weight excluding hydrogens is 511 g/mol. The fourth-order valence-corrected chi connectivity index (χ4v) is 5.72. The molecule has 0 radical (unpaired) electrons. The van der Waals surface area contributed by atoms with Crippen molar-refractivity contribution in [1.29, 1.82) is 0 Å². The largest absolute Gasteiger partial charge is 0.335 e. The zero-order valence-electron chi connectivity index (χ0n) is 21.5. The van der Waals surface area contributed by atoms with Crippen molar-refractivity contribution < 1.29 is 14.0 Å². The van der Waals surface area contributed by atoms with Gasteiger partial charge in [0.05, 0.1) is 16.3 Å². The molecule has 2 aromatic carbocycles. The summed E-state index contributed by atoms with van der Waals surface area (Å²) in [6.45, 7) is 5.02. The SMILES string of the molecule is CC(=O)c1ccc(-c2ccc3nc(-c4ccc(F)cc4)c(CN4CCN(C(=O)c5cccs5)CC4)n3c2)cc1. The van der Waals surface area contributed by atoms with Gasteiger partial charge < -0.3 is 9.30 Å². The van der Waals surface area contributed by atoms with Gasteiger partial charge in [0.15, 0.2) is 5.78 Å². The predicted molar refractivity (Wildman–Crippen MR) is 152 cm³/mol. The zero-order chi connectivity index (χ0) is 26.9. The minimum atomic E-state index is -0.285. The first kappa shape index (κ1) is 25.2. The number of Topliss-reactive ketones (excluding diaryl/α,β-unsaturated/α-hetero) is 1. The molecule has 8 heteroatoms. The summed E-state index contributed by atoms with van der Waals surface area (Å²) in [5.74, 6) is -0.159. The Labute approximate surface area is 230 Å². The molecule has 0 saturated carbocycles. The molecule has 1 amide bonds. The van der Waals surface area contributed by atoms with Crippen molar-refractivity contribution >= 4 is 28.7 Å². The Hall–Kier alpha value is -4.14. The fourth-order valence-electron chi connectivity index (χ4n) is 5.03. The molecule has 0 N–H and O–H groups in total. The van der Waals surface area contributed by atoms with E-state index in [-0.39, 0.29) is 17.5 Å². The molecule has 0 bridgehead atoms. The van der Waals surface area contributed by atoms with Crippen LogP contribution in [0, 0.1) is 5.82 Å². The van der Waals surface area contributed by atoms with Gasteiger partial charge in [-0.3, -0.25) is 14.5 Å². The Morgan fingerprint density at radius 3 is 2.23 bits per heavy atom. The van der Waals surface area contributed by atoms with Crippen LogP contribution in [0.4, 0.5) is 4.39 Å². The van der Waals surface area contributed by atoms with Crippen LogP contribution in [-0.4, -0.2) is 57.1 Å². The second-order valence-electron chi connectivity index (χ2n) is 9.74. The molecule has 0 spiro atoms. The number of rotatable bonds is 6. The molecule has 0 aliphatic carbocycles. The fraction of sp³-hybridized carbons (Fsp3) is 0.194. The third-order valence-electron chi connectivity index (χ3n) is 7.22. The number of amides is 1. The first-order chi connectivity index (χ1) is 19.0. The average molecular weight is 539 g/mol. The molecular formula is C31H27FN4O2S. The van der Waals surface area contributed by atoms with Gasteiger partial charge in [-0.05, 0) is 65.9 Å². The van der Waals surface area contributed by atoms with E-state index in [0.717, 1.165) is 51.7 Å². The lowest BCUT2D eigenvalue weighted by atomic mass is 10.0. The summed E-state index contributed by atoms with van der Waals surface area (Å²) < 4.78 is 15.8. The summed E-state index contributed by atoms with van der Waals surface area (Å²) in [7, 11) is 0. The Bertz CT molecular complexity index is 1640. The number of pyridine rings is 1. The molecule has 3 aromatic heterocycles. The maximum absolute atomic E-state index is 13.7. The van der Waals surface area contributed by atoms with Gasteiger partial charge in [-0.25, -0.2) is 9.37 Å². The molecule has 1 aliphatic rings. The lowest BCUT2D eigenvalue weighted by Crippen LogP contribution is -2.48. The summed E-state index contributed by atoms with van der Waals surface area (Å²) in [5, 5.41) is 1.93. The van der Waals surface area contributed by atoms with E-state index in [1.807, 2.05) is 58.8 Å². The van der Waals surface area contributed by atoms with Crippen LogP contribution in [0.15, 0.2) is 84.4 Å². The molecule has 5 aromatic rings. The summed E-state index contributed by atoms with van der Waals surface area (Å²) in [6, 6.07) is 21.8. The maximum atomic E-state index is 13.7. The second-order valence-corrected chi connectivity index (χ2v) is 10.7. The number of imidazole rings is 1. The van der Waals surface area contributed by atoms with E-state index < -0.39 is 0 Å². The zero-order valence-corrected chi connectivity index (χ0v) is 22.3. The first-order valence-corrected chi connectivity index (χ1v) is 13.8. The van der Waals surface area contributed by atoms with E-state index >= 15 is 0 Å². The Morgan fingerprint density at radius 2 is 1.56 bits per heavy atom. The number of fused-ring (bicyclic) bond motifs is 1. The highest BCUT2D eigenvalue weighted by molar-refractivity contribution is 7.12. The van der Waals surface area contributed by atoms with Crippen LogP contribution in [0.25, 0.3) is 28.0 Å². The van der Waals surface area contributed by atoms with Crippen LogP contribution in [0.3, 0.4) is 0 Å². The molecule has 6 nitrogen and oxygen atoms in total. The number of carbonyl (C=O) groups excluding carboxylic acids is 2. The minimum absolute atomic E-state index is 0.0371. The molecule has 1 saturated heterocycles. The number of ketones is 1. The van der Waals surface area contributed by atoms with Crippen molar-refractivity contribution in [2.45, 2.75) is 13.5 Å². The number of carbonyl (C=O) groups is 2. The Morgan fingerprint density at radius 1 is 0.872 bits per heavy atom. The Balaban J connectivity index is 1.32. The van der Waals surface area contributed by atoms with Gasteiger partial charge in [-0.1, -0.05) is 30.3 Å². The molecule has 1 aliphatic heterocycles. The monoisotopic (exact) mass is 538 g/mol. The van der Waals surface area contributed by atoms with Gasteiger partial charge in [0.1, 0.15) is 11.5 Å². The number of piperazine rings is 1. The van der Waals surface area contributed by atoms with Gasteiger partial charge in [-0.2, -0.15) is 0 Å². The molecule has 0 unspecified atom stereocenters. The van der Waals surface area contributed by atoms with E-state index in [1.54, 1.807) is 19.1 Å². The summed E-state index contributed by atoms with van der Waals surface area (Å²) in [4.78, 5) is 34.5. The van der Waals surface area contributed by atoms with Crippen LogP contribution < -0.4 is 0 Å². The summed E-state index contributed by atoms with van der Waals surface area (Å²) in [5.41, 5.74) is 6.18. The van der Waals surface area contributed by atoms with Crippen LogP contribution in [0.2, 0.25) is 0 Å². The summed E-state index contributed by atoms with van der Waals surface area (Å²) >= 11 is 1.47. The average Bonchev–Trinajstić information content (AvgIpc) is 3.62. The van der Waals surface area contributed by atoms with Crippen molar-refractivity contribution in [2.24, 2.45) is 0 Å². The molecule has 39 heavy (non-hydrogen) atoms. The van der Waals surface area contributed by atoms with Crippen molar-refractivity contribution in [3.63, 3.8) is 0 Å². The topological polar surface area (TPSA) is 57.9 Å². The smallest absolute Gasteiger partial charge is 0.264 e. The van der Waals surface area contributed by atoms with E-state index in [4.69, 9.17) is 4.98 Å². The van der Waals surface area contributed by atoms with Crippen LogP contribution in [0.1, 0.15) is 32.6 Å². The number of halogens is 1. The third-order valence-corrected chi connectivity index (χ3v) is 8.08. The van der Waals surface area contributed by atoms with Gasteiger partial charge in [-0.15, -0.1) is 11.3 Å². The number of nitrogens with zero attached hydrogens (tertiary/aromatic N) is 4. The quantitative estimate of drug-likeness (QED) is 0.248. The molecule has 4 heterocycles. The number of thiophene rings is 1. The second kappa shape index (κ2) is 10.6. The maximum Gasteiger partial charge on any atom is 0.264 e. The number of benzene rings is 2. The van der Waals surface area contributed by atoms with E-state index in [0.29, 0.717) is 25.2 Å². The normalized spacial score (nSPS) is 14.2. The van der Waals surface area contributed by atoms with Crippen LogP contribution >= 0.6 is 11.3 Å². The lowest BCUT2D eigenvalue weighted by Gasteiger charge is -2.34. The van der Waals surface area contributed by atoms with Gasteiger partial charge in [0.2, 0.25) is 0 Å². The number of hydrogen-bond acceptors (Lipinski definition) is 5. The van der Waals surface area contributed by atoms with E-state index in [1.165, 1.54) is 23.5 Å². The first-order valence-electron chi connectivity index (χ1n) is 12.9. The molecule has 1 fully saturated rings. The third kappa shape index (κ3) is 5.13. The molecule has 6 rings (SSSR count). The van der Waals surface area contributed by atoms with E-state index in [2.05, 4.69) is 15.5 Å². The van der Waals surface area contributed by atoms with Gasteiger partial charge in [0.25, 0.3) is 5.91 Å². The lowest BCUT2D eigenvalue weighted by molar-refractivity contribution is 0.0631. The van der Waals surface area contributed by atoms with Crippen molar-refractivity contribution in [3.05, 3.63) is 106 Å². The van der Waals surface area contributed by atoms with Crippen molar-refractivity contribution in [1.82, 2.24) is 19.2 Å². The standard InChI is InChI=1S/C31H27FN4O2S/c1-21(37)22-4-6-23(7-5-22)25-10-13-29-33-30(24-8-11-26(32)12-9-24)27(36(29)19-25)20-34-14-16-35(17-15-34)31(38)28-3-2-18-39-28/h2-13,18-19H,14-17,20H2,1H3. The highest BCUT2D eigenvalue weighted by Crippen LogP contribution is 2.29. The molecule has 0 atom stereocenters. The van der Waals surface area contributed by atoms with E-state index in [9.17, 15) is 14.0 Å². The van der Waals surface area contributed by atoms with Gasteiger partial charge >= 0.3 is 0 Å². The highest BCUT2D eigenvalue weighted by Gasteiger charge is 2.25. The highest BCUT2D eigenvalue weighted by atomic mass is 32.1. The van der Waals surface area contributed by atoms with Crippen molar-refractivity contribution in [2.75, 3.05) is 26.2 Å². The molecule has 196 valence electrons. The predicted octanol–water partition coefficient (Wildman–Crippen LogP) is 6.03. The van der Waals surface area contributed by atoms with Crippen molar-refractivity contribution in [3.8, 4) is 22.4 Å². The number of aromatic nitrogens is 2. The minimum Gasteiger partial charge on any atom is -0.335 e.